The van der Waals surface area contributed by atoms with E-state index < -0.39 is 5.97 Å². The van der Waals surface area contributed by atoms with Crippen molar-refractivity contribution < 1.29 is 14.7 Å². The molecular weight excluding hydrogens is 340 g/mol. The summed E-state index contributed by atoms with van der Waals surface area (Å²) in [7, 11) is 0. The van der Waals surface area contributed by atoms with Crippen LogP contribution in [0, 0.1) is 5.92 Å². The van der Waals surface area contributed by atoms with Gasteiger partial charge in [0.15, 0.2) is 0 Å². The molecule has 2 aromatic rings. The fourth-order valence-corrected chi connectivity index (χ4v) is 3.53. The van der Waals surface area contributed by atoms with Gasteiger partial charge in [-0.1, -0.05) is 60.7 Å². The first kappa shape index (κ1) is 19.0. The van der Waals surface area contributed by atoms with Crippen molar-refractivity contribution >= 4 is 12.0 Å². The Balaban J connectivity index is 1.62. The molecule has 0 bridgehead atoms. The topological polar surface area (TPSA) is 69.6 Å². The second-order valence-electron chi connectivity index (χ2n) is 7.04. The summed E-state index contributed by atoms with van der Waals surface area (Å²) >= 11 is 0. The quantitative estimate of drug-likeness (QED) is 0.815. The summed E-state index contributed by atoms with van der Waals surface area (Å²) in [5, 5.41) is 12.3. The molecule has 0 aliphatic carbocycles. The van der Waals surface area contributed by atoms with Crippen molar-refractivity contribution in [2.45, 2.75) is 31.7 Å². The van der Waals surface area contributed by atoms with Gasteiger partial charge >= 0.3 is 12.0 Å². The Bertz CT molecular complexity index is 741. The Hall–Kier alpha value is -2.82. The smallest absolute Gasteiger partial charge is 0.317 e. The van der Waals surface area contributed by atoms with Crippen LogP contribution in [0.5, 0.6) is 0 Å². The van der Waals surface area contributed by atoms with E-state index in [1.165, 1.54) is 5.56 Å². The fourth-order valence-electron chi connectivity index (χ4n) is 3.53. The summed E-state index contributed by atoms with van der Waals surface area (Å²) in [6.07, 6.45) is 2.72. The maximum Gasteiger partial charge on any atom is 0.317 e. The minimum atomic E-state index is -0.764. The highest BCUT2D eigenvalue weighted by Crippen LogP contribution is 2.22. The van der Waals surface area contributed by atoms with Gasteiger partial charge in [0, 0.05) is 13.1 Å². The number of rotatable bonds is 6. The second kappa shape index (κ2) is 9.21. The van der Waals surface area contributed by atoms with E-state index in [9.17, 15) is 9.59 Å². The molecule has 1 aliphatic rings. The molecule has 2 amide bonds. The molecule has 1 unspecified atom stereocenters. The van der Waals surface area contributed by atoms with Gasteiger partial charge in [0.05, 0.1) is 12.0 Å². The number of amides is 2. The van der Waals surface area contributed by atoms with Crippen LogP contribution in [0.15, 0.2) is 60.7 Å². The minimum Gasteiger partial charge on any atom is -0.481 e. The minimum absolute atomic E-state index is 0.0731. The number of carbonyl (C=O) groups excluding carboxylic acids is 1. The first-order valence-corrected chi connectivity index (χ1v) is 9.50. The lowest BCUT2D eigenvalue weighted by atomic mass is 9.97. The Morgan fingerprint density at radius 2 is 1.59 bits per heavy atom. The number of aliphatic carboxylic acids is 1. The van der Waals surface area contributed by atoms with Gasteiger partial charge in [-0.05, 0) is 36.8 Å². The Morgan fingerprint density at radius 1 is 1.00 bits per heavy atom. The van der Waals surface area contributed by atoms with Gasteiger partial charge < -0.3 is 15.3 Å². The monoisotopic (exact) mass is 366 g/mol. The van der Waals surface area contributed by atoms with Crippen LogP contribution in [0.4, 0.5) is 4.79 Å². The van der Waals surface area contributed by atoms with Gasteiger partial charge in [-0.3, -0.25) is 4.79 Å². The normalized spacial score (nSPS) is 15.9. The standard InChI is InChI=1S/C22H26N2O3/c25-21(26)19-13-15-24(16-14-19)22(27)23-20(18-9-5-2-6-10-18)12-11-17-7-3-1-4-8-17/h1-10,19-20H,11-16H2,(H,23,27)(H,25,26). The van der Waals surface area contributed by atoms with Gasteiger partial charge in [0.2, 0.25) is 0 Å². The average molecular weight is 366 g/mol. The van der Waals surface area contributed by atoms with Crippen molar-refractivity contribution in [2.24, 2.45) is 5.92 Å². The van der Waals surface area contributed by atoms with Crippen LogP contribution in [-0.2, 0) is 11.2 Å². The lowest BCUT2D eigenvalue weighted by Crippen LogP contribution is -2.46. The SMILES string of the molecule is O=C(O)C1CCN(C(=O)NC(CCc2ccccc2)c2ccccc2)CC1. The Kier molecular flexibility index (Phi) is 6.47. The van der Waals surface area contributed by atoms with E-state index >= 15 is 0 Å². The summed E-state index contributed by atoms with van der Waals surface area (Å²) in [4.78, 5) is 25.6. The van der Waals surface area contributed by atoms with E-state index in [-0.39, 0.29) is 18.0 Å². The summed E-state index contributed by atoms with van der Waals surface area (Å²) in [5.74, 6) is -1.10. The molecule has 0 saturated carbocycles. The van der Waals surface area contributed by atoms with Crippen LogP contribution >= 0.6 is 0 Å². The molecule has 1 atom stereocenters. The molecule has 142 valence electrons. The second-order valence-corrected chi connectivity index (χ2v) is 7.04. The summed E-state index contributed by atoms with van der Waals surface area (Å²) in [6, 6.07) is 20.1. The number of carboxylic acid groups (broad SMARTS) is 1. The van der Waals surface area contributed by atoms with E-state index in [0.29, 0.717) is 25.9 Å². The van der Waals surface area contributed by atoms with E-state index in [1.54, 1.807) is 4.90 Å². The molecule has 1 saturated heterocycles. The highest BCUT2D eigenvalue weighted by Gasteiger charge is 2.28. The molecule has 0 spiro atoms. The number of hydrogen-bond acceptors (Lipinski definition) is 2. The van der Waals surface area contributed by atoms with Crippen molar-refractivity contribution in [3.8, 4) is 0 Å². The third-order valence-corrected chi connectivity index (χ3v) is 5.20. The maximum atomic E-state index is 12.7. The van der Waals surface area contributed by atoms with Gasteiger partial charge in [0.25, 0.3) is 0 Å². The molecule has 0 radical (unpaired) electrons. The van der Waals surface area contributed by atoms with Crippen LogP contribution in [0.2, 0.25) is 0 Å². The first-order valence-electron chi connectivity index (χ1n) is 9.50. The highest BCUT2D eigenvalue weighted by molar-refractivity contribution is 5.76. The molecule has 1 fully saturated rings. The molecule has 5 nitrogen and oxygen atoms in total. The number of carboxylic acids is 1. The van der Waals surface area contributed by atoms with Crippen molar-refractivity contribution in [1.82, 2.24) is 10.2 Å². The summed E-state index contributed by atoms with van der Waals surface area (Å²) in [6.45, 7) is 0.978. The number of hydrogen-bond donors (Lipinski definition) is 2. The van der Waals surface area contributed by atoms with Crippen LogP contribution in [0.1, 0.15) is 36.4 Å². The zero-order chi connectivity index (χ0) is 19.1. The number of nitrogens with zero attached hydrogens (tertiary/aromatic N) is 1. The molecule has 0 aromatic heterocycles. The van der Waals surface area contributed by atoms with Gasteiger partial charge in [-0.2, -0.15) is 0 Å². The molecule has 2 aromatic carbocycles. The van der Waals surface area contributed by atoms with Crippen LogP contribution in [0.3, 0.4) is 0 Å². The molecule has 2 N–H and O–H groups in total. The fraction of sp³-hybridized carbons (Fsp3) is 0.364. The molecular formula is C22H26N2O3. The van der Waals surface area contributed by atoms with Crippen LogP contribution < -0.4 is 5.32 Å². The predicted octanol–water partition coefficient (Wildman–Crippen LogP) is 3.87. The number of carbonyl (C=O) groups is 2. The third-order valence-electron chi connectivity index (χ3n) is 5.20. The number of benzene rings is 2. The van der Waals surface area contributed by atoms with E-state index in [0.717, 1.165) is 18.4 Å². The summed E-state index contributed by atoms with van der Waals surface area (Å²) in [5.41, 5.74) is 2.33. The van der Waals surface area contributed by atoms with Crippen molar-refractivity contribution in [3.05, 3.63) is 71.8 Å². The van der Waals surface area contributed by atoms with Gasteiger partial charge in [0.1, 0.15) is 0 Å². The van der Waals surface area contributed by atoms with Gasteiger partial charge in [-0.25, -0.2) is 4.79 Å². The number of aryl methyl sites for hydroxylation is 1. The van der Waals surface area contributed by atoms with Crippen molar-refractivity contribution in [2.75, 3.05) is 13.1 Å². The van der Waals surface area contributed by atoms with Crippen LogP contribution in [0.25, 0.3) is 0 Å². The van der Waals surface area contributed by atoms with E-state index in [1.807, 2.05) is 48.5 Å². The molecule has 1 aliphatic heterocycles. The number of nitrogens with one attached hydrogen (secondary N) is 1. The van der Waals surface area contributed by atoms with Crippen molar-refractivity contribution in [1.29, 1.82) is 0 Å². The first-order chi connectivity index (χ1) is 13.1. The van der Waals surface area contributed by atoms with Crippen molar-refractivity contribution in [3.63, 3.8) is 0 Å². The largest absolute Gasteiger partial charge is 0.481 e. The Morgan fingerprint density at radius 3 is 2.19 bits per heavy atom. The zero-order valence-corrected chi connectivity index (χ0v) is 15.4. The average Bonchev–Trinajstić information content (AvgIpc) is 2.72. The highest BCUT2D eigenvalue weighted by atomic mass is 16.4. The molecule has 5 heteroatoms. The number of urea groups is 1. The zero-order valence-electron chi connectivity index (χ0n) is 15.4. The number of piperidine rings is 1. The van der Waals surface area contributed by atoms with E-state index in [4.69, 9.17) is 5.11 Å². The summed E-state index contributed by atoms with van der Waals surface area (Å²) < 4.78 is 0. The van der Waals surface area contributed by atoms with Gasteiger partial charge in [-0.15, -0.1) is 0 Å². The molecule has 3 rings (SSSR count). The lowest BCUT2D eigenvalue weighted by molar-refractivity contribution is -0.143. The lowest BCUT2D eigenvalue weighted by Gasteiger charge is -2.32. The third kappa shape index (κ3) is 5.33. The molecule has 27 heavy (non-hydrogen) atoms. The number of likely N-dealkylation sites (tertiary alicyclic amines) is 1. The predicted molar refractivity (Wildman–Crippen MR) is 104 cm³/mol. The Labute approximate surface area is 160 Å². The van der Waals surface area contributed by atoms with E-state index in [2.05, 4.69) is 17.4 Å². The van der Waals surface area contributed by atoms with Crippen LogP contribution in [-0.4, -0.2) is 35.1 Å². The molecule has 1 heterocycles. The maximum absolute atomic E-state index is 12.7.